The predicted octanol–water partition coefficient (Wildman–Crippen LogP) is 8.84. The van der Waals surface area contributed by atoms with Crippen LogP contribution in [-0.4, -0.2) is 24.7 Å². The van der Waals surface area contributed by atoms with Gasteiger partial charge in [-0.25, -0.2) is 9.59 Å². The van der Waals surface area contributed by atoms with Crippen LogP contribution >= 0.6 is 8.15 Å². The summed E-state index contributed by atoms with van der Waals surface area (Å²) in [6, 6.07) is 44.6. The predicted molar refractivity (Wildman–Crippen MR) is 189 cm³/mol. The van der Waals surface area contributed by atoms with Crippen LogP contribution in [-0.2, 0) is 46.2 Å². The number of ether oxygens (including phenoxy) is 3. The van der Waals surface area contributed by atoms with E-state index in [2.05, 4.69) is 29.6 Å². The Morgan fingerprint density at radius 2 is 1.12 bits per heavy atom. The van der Waals surface area contributed by atoms with Crippen LogP contribution in [0.2, 0.25) is 0 Å². The number of hydrogen-bond acceptors (Lipinski definition) is 6. The number of amides is 1. The maximum atomic E-state index is 13.0. The lowest BCUT2D eigenvalue weighted by Gasteiger charge is -2.23. The molecule has 0 fully saturated rings. The van der Waals surface area contributed by atoms with E-state index < -0.39 is 26.3 Å². The van der Waals surface area contributed by atoms with Crippen LogP contribution in [0.25, 0.3) is 0 Å². The Labute approximate surface area is 283 Å². The van der Waals surface area contributed by atoms with Crippen molar-refractivity contribution >= 4 is 20.2 Å². The third-order valence-corrected chi connectivity index (χ3v) is 9.28. The van der Waals surface area contributed by atoms with Crippen LogP contribution in [0, 0.1) is 0 Å². The fourth-order valence-corrected chi connectivity index (χ4v) is 6.92. The minimum Gasteiger partial charge on any atom is -0.485 e. The monoisotopic (exact) mass is 661 g/mol. The van der Waals surface area contributed by atoms with Gasteiger partial charge in [-0.2, -0.15) is 0 Å². The Morgan fingerprint density at radius 3 is 1.67 bits per heavy atom. The molecule has 1 amide bonds. The van der Waals surface area contributed by atoms with Crippen molar-refractivity contribution in [2.75, 3.05) is 6.61 Å². The van der Waals surface area contributed by atoms with Crippen LogP contribution in [0.3, 0.4) is 0 Å². The van der Waals surface area contributed by atoms with E-state index in [1.54, 1.807) is 6.92 Å². The molecule has 48 heavy (non-hydrogen) atoms. The fraction of sp³-hybridized carbons (Fsp3) is 0.200. The molecule has 0 aromatic heterocycles. The molecular weight excluding hydrogens is 621 g/mol. The molecule has 0 spiro atoms. The second kappa shape index (κ2) is 18.3. The first-order valence-corrected chi connectivity index (χ1v) is 17.6. The maximum Gasteiger partial charge on any atom is 0.408 e. The number of rotatable bonds is 16. The van der Waals surface area contributed by atoms with Gasteiger partial charge in [0.05, 0.1) is 14.8 Å². The van der Waals surface area contributed by atoms with Crippen LogP contribution in [0.15, 0.2) is 140 Å². The van der Waals surface area contributed by atoms with E-state index in [9.17, 15) is 9.59 Å². The molecule has 0 bridgehead atoms. The average molecular weight is 662 g/mol. The quantitative estimate of drug-likeness (QED) is 0.0841. The van der Waals surface area contributed by atoms with Crippen LogP contribution in [0.1, 0.15) is 34.7 Å². The lowest BCUT2D eigenvalue weighted by molar-refractivity contribution is -0.145. The molecule has 0 aliphatic rings. The summed E-state index contributed by atoms with van der Waals surface area (Å²) in [5.74, 6) is 0.631. The van der Waals surface area contributed by atoms with Crippen molar-refractivity contribution < 1.29 is 28.3 Å². The third kappa shape index (κ3) is 11.0. The summed E-state index contributed by atoms with van der Waals surface area (Å²) >= 11 is 0. The zero-order valence-electron chi connectivity index (χ0n) is 27.0. The lowest BCUT2D eigenvalue weighted by Crippen LogP contribution is -2.43. The number of carbonyl (C=O) groups is 2. The number of carbonyl (C=O) groups excluding carboxylic acids is 2. The standard InChI is InChI=1S/C40H40NO6P/c1-2-44-39(42)36(41-40(43)46-28-32-17-9-4-10-18-32)25-35-23-24-37(45-27-31-15-7-3-8-16-31)38(26-35)47-48(29-33-19-11-5-12-20-33)30-34-21-13-6-14-22-34/h3-24,26,36H,2,25,27-30H2,1H3,(H,41,43)/t36-/m0/s1. The summed E-state index contributed by atoms with van der Waals surface area (Å²) in [5, 5.41) is 2.70. The Morgan fingerprint density at radius 1 is 0.604 bits per heavy atom. The smallest absolute Gasteiger partial charge is 0.408 e. The van der Waals surface area contributed by atoms with Crippen molar-refractivity contribution in [1.29, 1.82) is 0 Å². The normalized spacial score (nSPS) is 11.4. The first-order chi connectivity index (χ1) is 23.6. The number of alkyl carbamates (subject to hydrolysis) is 1. The third-order valence-electron chi connectivity index (χ3n) is 7.39. The molecule has 0 saturated heterocycles. The van der Waals surface area contributed by atoms with Gasteiger partial charge in [0, 0.05) is 18.7 Å². The lowest BCUT2D eigenvalue weighted by atomic mass is 10.1. The molecule has 246 valence electrons. The SMILES string of the molecule is CCOC(=O)[C@H](Cc1ccc(OCc2ccccc2)c(OP(Cc2ccccc2)Cc2ccccc2)c1)NC(=O)OCc1ccccc1. The molecule has 0 radical (unpaired) electrons. The van der Waals surface area contributed by atoms with Gasteiger partial charge in [-0.05, 0) is 46.9 Å². The van der Waals surface area contributed by atoms with Crippen molar-refractivity contribution in [3.63, 3.8) is 0 Å². The highest BCUT2D eigenvalue weighted by atomic mass is 31.1. The summed E-state index contributed by atoms with van der Waals surface area (Å²) < 4.78 is 23.9. The highest BCUT2D eigenvalue weighted by Crippen LogP contribution is 2.48. The maximum absolute atomic E-state index is 13.0. The first kappa shape index (κ1) is 34.2. The van der Waals surface area contributed by atoms with E-state index in [1.807, 2.05) is 115 Å². The van der Waals surface area contributed by atoms with Crippen molar-refractivity contribution in [3.05, 3.63) is 167 Å². The molecule has 0 saturated carbocycles. The van der Waals surface area contributed by atoms with Gasteiger partial charge >= 0.3 is 12.1 Å². The van der Waals surface area contributed by atoms with Crippen molar-refractivity contribution in [2.45, 2.75) is 44.9 Å². The van der Waals surface area contributed by atoms with E-state index in [0.29, 0.717) is 18.1 Å². The van der Waals surface area contributed by atoms with Gasteiger partial charge in [-0.15, -0.1) is 0 Å². The zero-order valence-corrected chi connectivity index (χ0v) is 27.9. The molecule has 7 nitrogen and oxygen atoms in total. The summed E-state index contributed by atoms with van der Waals surface area (Å²) in [4.78, 5) is 25.8. The second-order valence-corrected chi connectivity index (χ2v) is 12.9. The van der Waals surface area contributed by atoms with Crippen LogP contribution < -0.4 is 14.6 Å². The molecule has 0 aliphatic carbocycles. The Hall–Kier alpha value is -5.13. The summed E-state index contributed by atoms with van der Waals surface area (Å²) in [6.07, 6.45) is 0.955. The molecule has 5 rings (SSSR count). The van der Waals surface area contributed by atoms with Gasteiger partial charge in [0.1, 0.15) is 19.3 Å². The van der Waals surface area contributed by atoms with E-state index >= 15 is 0 Å². The van der Waals surface area contributed by atoms with E-state index in [-0.39, 0.29) is 19.6 Å². The number of nitrogens with one attached hydrogen (secondary N) is 1. The number of esters is 1. The molecule has 0 unspecified atom stereocenters. The van der Waals surface area contributed by atoms with Gasteiger partial charge in [0.25, 0.3) is 0 Å². The molecule has 5 aromatic carbocycles. The fourth-order valence-electron chi connectivity index (χ4n) is 5.02. The summed E-state index contributed by atoms with van der Waals surface area (Å²) in [5.41, 5.74) is 5.01. The van der Waals surface area contributed by atoms with Gasteiger partial charge in [0.2, 0.25) is 0 Å². The molecule has 1 atom stereocenters. The molecule has 0 heterocycles. The molecule has 1 N–H and O–H groups in total. The number of hydrogen-bond donors (Lipinski definition) is 1. The van der Waals surface area contributed by atoms with Gasteiger partial charge in [-0.3, -0.25) is 0 Å². The van der Waals surface area contributed by atoms with E-state index in [1.165, 1.54) is 11.1 Å². The largest absolute Gasteiger partial charge is 0.485 e. The molecule has 8 heteroatoms. The molecule has 0 aliphatic heterocycles. The van der Waals surface area contributed by atoms with Crippen molar-refractivity contribution in [1.82, 2.24) is 5.32 Å². The highest BCUT2D eigenvalue weighted by molar-refractivity contribution is 7.51. The summed E-state index contributed by atoms with van der Waals surface area (Å²) in [7, 11) is -1.02. The Balaban J connectivity index is 1.39. The zero-order chi connectivity index (χ0) is 33.4. The Bertz CT molecular complexity index is 1660. The highest BCUT2D eigenvalue weighted by Gasteiger charge is 2.25. The molecular formula is C40H40NO6P. The first-order valence-electron chi connectivity index (χ1n) is 16.0. The molecule has 5 aromatic rings. The topological polar surface area (TPSA) is 83.1 Å². The minimum absolute atomic E-state index is 0.0834. The van der Waals surface area contributed by atoms with Gasteiger partial charge in [-0.1, -0.05) is 127 Å². The summed E-state index contributed by atoms with van der Waals surface area (Å²) in [6.45, 7) is 2.36. The van der Waals surface area contributed by atoms with Crippen LogP contribution in [0.4, 0.5) is 4.79 Å². The van der Waals surface area contributed by atoms with Crippen molar-refractivity contribution in [3.8, 4) is 11.5 Å². The average Bonchev–Trinajstić information content (AvgIpc) is 3.12. The Kier molecular flexibility index (Phi) is 13.0. The van der Waals surface area contributed by atoms with Gasteiger partial charge in [0.15, 0.2) is 11.5 Å². The van der Waals surface area contributed by atoms with E-state index in [4.69, 9.17) is 18.7 Å². The van der Waals surface area contributed by atoms with Crippen LogP contribution in [0.5, 0.6) is 11.5 Å². The van der Waals surface area contributed by atoms with Gasteiger partial charge < -0.3 is 24.1 Å². The number of benzene rings is 5. The second-order valence-electron chi connectivity index (χ2n) is 11.1. The van der Waals surface area contributed by atoms with Crippen molar-refractivity contribution in [2.24, 2.45) is 0 Å². The van der Waals surface area contributed by atoms with E-state index in [0.717, 1.165) is 29.0 Å². The minimum atomic E-state index is -1.02.